The summed E-state index contributed by atoms with van der Waals surface area (Å²) >= 11 is 0. The highest BCUT2D eigenvalue weighted by atomic mass is 15.1. The third-order valence-electron chi connectivity index (χ3n) is 2.69. The normalized spacial score (nSPS) is 10.5. The number of aryl methyl sites for hydroxylation is 1. The molecule has 17 heavy (non-hydrogen) atoms. The number of rotatable bonds is 5. The average Bonchev–Trinajstić information content (AvgIpc) is 2.79. The Morgan fingerprint density at radius 3 is 2.88 bits per heavy atom. The van der Waals surface area contributed by atoms with Gasteiger partial charge in [0.05, 0.1) is 6.54 Å². The second kappa shape index (κ2) is 5.48. The molecule has 0 amide bonds. The van der Waals surface area contributed by atoms with Gasteiger partial charge in [-0.25, -0.2) is 9.97 Å². The van der Waals surface area contributed by atoms with E-state index in [1.54, 1.807) is 0 Å². The predicted molar refractivity (Wildman–Crippen MR) is 69.1 cm³/mol. The van der Waals surface area contributed by atoms with E-state index in [0.29, 0.717) is 0 Å². The Kier molecular flexibility index (Phi) is 3.75. The minimum atomic E-state index is 0.819. The molecule has 2 heterocycles. The van der Waals surface area contributed by atoms with Crippen molar-refractivity contribution in [2.75, 3.05) is 11.9 Å². The summed E-state index contributed by atoms with van der Waals surface area (Å²) in [4.78, 5) is 8.69. The number of pyridine rings is 1. The van der Waals surface area contributed by atoms with Gasteiger partial charge in [0.2, 0.25) is 0 Å². The maximum Gasteiger partial charge on any atom is 0.130 e. The number of hydrogen-bond acceptors (Lipinski definition) is 3. The smallest absolute Gasteiger partial charge is 0.130 e. The Labute approximate surface area is 102 Å². The minimum absolute atomic E-state index is 0.819. The summed E-state index contributed by atoms with van der Waals surface area (Å²) in [6.07, 6.45) is 6.63. The third kappa shape index (κ3) is 2.64. The predicted octanol–water partition coefficient (Wildman–Crippen LogP) is 2.32. The first kappa shape index (κ1) is 11.6. The Morgan fingerprint density at radius 1 is 1.24 bits per heavy atom. The highest BCUT2D eigenvalue weighted by Crippen LogP contribution is 2.14. The second-order valence-electron chi connectivity index (χ2n) is 3.87. The van der Waals surface area contributed by atoms with Crippen LogP contribution in [0.2, 0.25) is 0 Å². The molecule has 2 rings (SSSR count). The number of nitrogens with zero attached hydrogens (tertiary/aromatic N) is 3. The van der Waals surface area contributed by atoms with Crippen molar-refractivity contribution in [1.29, 1.82) is 0 Å². The highest BCUT2D eigenvalue weighted by Gasteiger charge is 2.05. The summed E-state index contributed by atoms with van der Waals surface area (Å²) in [6.45, 7) is 5.90. The van der Waals surface area contributed by atoms with E-state index in [-0.39, 0.29) is 0 Å². The largest absolute Gasteiger partial charge is 0.370 e. The average molecular weight is 230 g/mol. The highest BCUT2D eigenvalue weighted by molar-refractivity contribution is 5.43. The summed E-state index contributed by atoms with van der Waals surface area (Å²) in [6, 6.07) is 4.07. The molecular weight excluding hydrogens is 212 g/mol. The number of hydrogen-bond donors (Lipinski definition) is 1. The lowest BCUT2D eigenvalue weighted by molar-refractivity contribution is 0.730. The first-order chi connectivity index (χ1) is 8.35. The van der Waals surface area contributed by atoms with Gasteiger partial charge in [0.15, 0.2) is 0 Å². The van der Waals surface area contributed by atoms with Crippen molar-refractivity contribution in [2.45, 2.75) is 26.8 Å². The summed E-state index contributed by atoms with van der Waals surface area (Å²) in [5.74, 6) is 2.07. The molecule has 0 bridgehead atoms. The minimum Gasteiger partial charge on any atom is -0.370 e. The Hall–Kier alpha value is -1.84. The fourth-order valence-electron chi connectivity index (χ4n) is 1.87. The van der Waals surface area contributed by atoms with E-state index in [2.05, 4.69) is 39.8 Å². The molecule has 1 N–H and O–H groups in total. The molecule has 90 valence electrons. The molecule has 0 saturated heterocycles. The fourth-order valence-corrected chi connectivity index (χ4v) is 1.87. The van der Waals surface area contributed by atoms with Crippen molar-refractivity contribution >= 4 is 5.82 Å². The van der Waals surface area contributed by atoms with Crippen molar-refractivity contribution in [2.24, 2.45) is 0 Å². The zero-order valence-corrected chi connectivity index (χ0v) is 10.3. The van der Waals surface area contributed by atoms with Gasteiger partial charge in [-0.15, -0.1) is 0 Å². The van der Waals surface area contributed by atoms with E-state index in [1.165, 1.54) is 5.56 Å². The van der Waals surface area contributed by atoms with E-state index < -0.39 is 0 Å². The van der Waals surface area contributed by atoms with Gasteiger partial charge in [-0.3, -0.25) is 0 Å². The molecule has 0 radical (unpaired) electrons. The van der Waals surface area contributed by atoms with Crippen molar-refractivity contribution < 1.29 is 0 Å². The van der Waals surface area contributed by atoms with Crippen LogP contribution in [-0.2, 0) is 13.0 Å². The van der Waals surface area contributed by atoms with Gasteiger partial charge in [0.25, 0.3) is 0 Å². The van der Waals surface area contributed by atoms with Gasteiger partial charge >= 0.3 is 0 Å². The topological polar surface area (TPSA) is 42.7 Å². The quantitative estimate of drug-likeness (QED) is 0.857. The van der Waals surface area contributed by atoms with Crippen molar-refractivity contribution in [3.05, 3.63) is 42.1 Å². The molecule has 0 aliphatic heterocycles. The van der Waals surface area contributed by atoms with Gasteiger partial charge < -0.3 is 9.88 Å². The van der Waals surface area contributed by atoms with Crippen LogP contribution in [0.25, 0.3) is 0 Å². The Balaban J connectivity index is 2.23. The monoisotopic (exact) mass is 230 g/mol. The molecule has 0 unspecified atom stereocenters. The molecule has 0 spiro atoms. The van der Waals surface area contributed by atoms with Crippen molar-refractivity contribution in [3.63, 3.8) is 0 Å². The molecule has 0 atom stereocenters. The molecule has 0 aliphatic rings. The zero-order valence-electron chi connectivity index (χ0n) is 10.3. The Bertz CT molecular complexity index is 476. The summed E-state index contributed by atoms with van der Waals surface area (Å²) in [5, 5.41) is 3.28. The van der Waals surface area contributed by atoms with Gasteiger partial charge in [-0.1, -0.05) is 13.0 Å². The molecule has 0 aliphatic carbocycles. The van der Waals surface area contributed by atoms with Crippen LogP contribution in [0.1, 0.15) is 25.2 Å². The summed E-state index contributed by atoms with van der Waals surface area (Å²) in [5.41, 5.74) is 1.20. The van der Waals surface area contributed by atoms with E-state index in [9.17, 15) is 0 Å². The van der Waals surface area contributed by atoms with Gasteiger partial charge in [-0.2, -0.15) is 0 Å². The van der Waals surface area contributed by atoms with Crippen LogP contribution in [-0.4, -0.2) is 21.1 Å². The van der Waals surface area contributed by atoms with Crippen LogP contribution >= 0.6 is 0 Å². The molecule has 2 aromatic rings. The SMILES string of the molecule is CCNc1ncccc1Cn1ccnc1CC. The lowest BCUT2D eigenvalue weighted by Crippen LogP contribution is -2.08. The lowest BCUT2D eigenvalue weighted by atomic mass is 10.2. The molecular formula is C13H18N4. The van der Waals surface area contributed by atoms with E-state index >= 15 is 0 Å². The first-order valence-electron chi connectivity index (χ1n) is 6.03. The number of aromatic nitrogens is 3. The first-order valence-corrected chi connectivity index (χ1v) is 6.03. The van der Waals surface area contributed by atoms with Crippen molar-refractivity contribution in [1.82, 2.24) is 14.5 Å². The number of nitrogens with one attached hydrogen (secondary N) is 1. The maximum absolute atomic E-state index is 4.36. The number of imidazole rings is 1. The summed E-state index contributed by atoms with van der Waals surface area (Å²) < 4.78 is 2.16. The summed E-state index contributed by atoms with van der Waals surface area (Å²) in [7, 11) is 0. The van der Waals surface area contributed by atoms with Crippen LogP contribution < -0.4 is 5.32 Å². The van der Waals surface area contributed by atoms with Crippen LogP contribution in [0.3, 0.4) is 0 Å². The number of anilines is 1. The molecule has 4 heteroatoms. The van der Waals surface area contributed by atoms with Gasteiger partial charge in [0, 0.05) is 37.1 Å². The maximum atomic E-state index is 4.36. The van der Waals surface area contributed by atoms with E-state index in [4.69, 9.17) is 0 Å². The van der Waals surface area contributed by atoms with Crippen LogP contribution in [0.4, 0.5) is 5.82 Å². The van der Waals surface area contributed by atoms with Crippen LogP contribution in [0.5, 0.6) is 0 Å². The van der Waals surface area contributed by atoms with E-state index in [1.807, 2.05) is 24.7 Å². The van der Waals surface area contributed by atoms with Crippen LogP contribution in [0, 0.1) is 0 Å². The second-order valence-corrected chi connectivity index (χ2v) is 3.87. The Morgan fingerprint density at radius 2 is 2.12 bits per heavy atom. The molecule has 4 nitrogen and oxygen atoms in total. The third-order valence-corrected chi connectivity index (χ3v) is 2.69. The van der Waals surface area contributed by atoms with Gasteiger partial charge in [0.1, 0.15) is 11.6 Å². The zero-order chi connectivity index (χ0) is 12.1. The van der Waals surface area contributed by atoms with Gasteiger partial charge in [-0.05, 0) is 13.0 Å². The molecule has 0 fully saturated rings. The molecule has 0 aromatic carbocycles. The fraction of sp³-hybridized carbons (Fsp3) is 0.385. The van der Waals surface area contributed by atoms with Crippen molar-refractivity contribution in [3.8, 4) is 0 Å². The molecule has 2 aromatic heterocycles. The lowest BCUT2D eigenvalue weighted by Gasteiger charge is -2.11. The van der Waals surface area contributed by atoms with E-state index in [0.717, 1.165) is 31.2 Å². The standard InChI is InChI=1S/C13H18N4/c1-3-12-15-8-9-17(12)10-11-6-5-7-16-13(11)14-4-2/h5-9H,3-4,10H2,1-2H3,(H,14,16). The van der Waals surface area contributed by atoms with Crippen LogP contribution in [0.15, 0.2) is 30.7 Å². The molecule has 0 saturated carbocycles.